The van der Waals surface area contributed by atoms with Crippen molar-refractivity contribution in [2.24, 2.45) is 5.92 Å². The van der Waals surface area contributed by atoms with E-state index in [9.17, 15) is 22.8 Å². The number of benzene rings is 1. The highest BCUT2D eigenvalue weighted by Gasteiger charge is 2.27. The third-order valence-electron chi connectivity index (χ3n) is 4.13. The molecule has 0 saturated heterocycles. The van der Waals surface area contributed by atoms with E-state index in [1.54, 1.807) is 5.32 Å². The molecular formula is C17H21F3N2O2. The van der Waals surface area contributed by atoms with Gasteiger partial charge in [0.2, 0.25) is 5.91 Å². The lowest BCUT2D eigenvalue weighted by Gasteiger charge is -2.10. The molecule has 0 radical (unpaired) electrons. The number of anilines is 1. The van der Waals surface area contributed by atoms with Crippen LogP contribution < -0.4 is 10.6 Å². The standard InChI is InChI=1S/C17H21F3N2O2/c18-17(19,20)11-21-16(24)13-6-8-14(9-7-13)22-15(23)10-5-12-3-1-2-4-12/h6-9,12H,1-5,10-11H2,(H,21,24)(H,22,23). The second kappa shape index (κ2) is 8.17. The van der Waals surface area contributed by atoms with Gasteiger partial charge in [-0.3, -0.25) is 9.59 Å². The Bertz CT molecular complexity index is 564. The van der Waals surface area contributed by atoms with Gasteiger partial charge in [-0.25, -0.2) is 0 Å². The maximum Gasteiger partial charge on any atom is 0.405 e. The van der Waals surface area contributed by atoms with E-state index in [-0.39, 0.29) is 11.5 Å². The second-order valence-electron chi connectivity index (χ2n) is 6.11. The molecule has 0 heterocycles. The van der Waals surface area contributed by atoms with E-state index in [1.807, 2.05) is 0 Å². The van der Waals surface area contributed by atoms with Crippen molar-refractivity contribution in [3.63, 3.8) is 0 Å². The molecule has 1 aromatic carbocycles. The first-order valence-electron chi connectivity index (χ1n) is 8.08. The number of hydrogen-bond donors (Lipinski definition) is 2. The summed E-state index contributed by atoms with van der Waals surface area (Å²) < 4.78 is 36.2. The number of rotatable bonds is 6. The first-order chi connectivity index (χ1) is 11.3. The first kappa shape index (κ1) is 18.3. The van der Waals surface area contributed by atoms with Crippen LogP contribution in [0.4, 0.5) is 18.9 Å². The van der Waals surface area contributed by atoms with Gasteiger partial charge in [-0.05, 0) is 36.6 Å². The number of nitrogens with one attached hydrogen (secondary N) is 2. The van der Waals surface area contributed by atoms with E-state index >= 15 is 0 Å². The van der Waals surface area contributed by atoms with Gasteiger partial charge in [0, 0.05) is 17.7 Å². The van der Waals surface area contributed by atoms with Gasteiger partial charge in [-0.15, -0.1) is 0 Å². The summed E-state index contributed by atoms with van der Waals surface area (Å²) in [6, 6.07) is 5.79. The lowest BCUT2D eigenvalue weighted by atomic mass is 10.0. The smallest absolute Gasteiger partial charge is 0.343 e. The van der Waals surface area contributed by atoms with Crippen LogP contribution in [0.2, 0.25) is 0 Å². The fourth-order valence-electron chi connectivity index (χ4n) is 2.85. The van der Waals surface area contributed by atoms with Crippen LogP contribution in [-0.4, -0.2) is 24.5 Å². The molecule has 2 amide bonds. The Hall–Kier alpha value is -2.05. The summed E-state index contributed by atoms with van der Waals surface area (Å²) >= 11 is 0. The van der Waals surface area contributed by atoms with Crippen LogP contribution in [0.5, 0.6) is 0 Å². The normalized spacial score (nSPS) is 15.3. The minimum Gasteiger partial charge on any atom is -0.343 e. The van der Waals surface area contributed by atoms with E-state index in [4.69, 9.17) is 0 Å². The fraction of sp³-hybridized carbons (Fsp3) is 0.529. The number of carbonyl (C=O) groups is 2. The molecule has 0 atom stereocenters. The topological polar surface area (TPSA) is 58.2 Å². The Balaban J connectivity index is 1.78. The lowest BCUT2D eigenvalue weighted by molar-refractivity contribution is -0.123. The number of alkyl halides is 3. The quantitative estimate of drug-likeness (QED) is 0.824. The lowest BCUT2D eigenvalue weighted by Crippen LogP contribution is -2.33. The van der Waals surface area contributed by atoms with Crippen molar-refractivity contribution in [2.45, 2.75) is 44.7 Å². The highest BCUT2D eigenvalue weighted by Crippen LogP contribution is 2.28. The number of halogens is 3. The van der Waals surface area contributed by atoms with Crippen molar-refractivity contribution >= 4 is 17.5 Å². The van der Waals surface area contributed by atoms with Crippen molar-refractivity contribution in [3.05, 3.63) is 29.8 Å². The van der Waals surface area contributed by atoms with E-state index in [0.29, 0.717) is 18.0 Å². The Kier molecular flexibility index (Phi) is 6.23. The van der Waals surface area contributed by atoms with Crippen molar-refractivity contribution in [1.82, 2.24) is 5.32 Å². The molecular weight excluding hydrogens is 321 g/mol. The maximum atomic E-state index is 12.1. The van der Waals surface area contributed by atoms with E-state index in [0.717, 1.165) is 6.42 Å². The molecule has 1 saturated carbocycles. The zero-order valence-electron chi connectivity index (χ0n) is 13.3. The minimum absolute atomic E-state index is 0.0869. The Labute approximate surface area is 138 Å². The molecule has 0 aliphatic heterocycles. The summed E-state index contributed by atoms with van der Waals surface area (Å²) in [7, 11) is 0. The molecule has 0 spiro atoms. The van der Waals surface area contributed by atoms with Gasteiger partial charge < -0.3 is 10.6 Å². The average molecular weight is 342 g/mol. The van der Waals surface area contributed by atoms with Crippen LogP contribution in [0.1, 0.15) is 48.9 Å². The van der Waals surface area contributed by atoms with E-state index in [1.165, 1.54) is 49.9 Å². The minimum atomic E-state index is -4.44. The number of carbonyl (C=O) groups excluding carboxylic acids is 2. The molecule has 1 aromatic rings. The summed E-state index contributed by atoms with van der Waals surface area (Å²) in [5, 5.41) is 4.54. The van der Waals surface area contributed by atoms with Gasteiger partial charge in [0.15, 0.2) is 0 Å². The highest BCUT2D eigenvalue weighted by atomic mass is 19.4. The van der Waals surface area contributed by atoms with Gasteiger partial charge in [-0.2, -0.15) is 13.2 Å². The SMILES string of the molecule is O=C(CCC1CCCC1)Nc1ccc(C(=O)NCC(F)(F)F)cc1. The van der Waals surface area contributed by atoms with Crippen molar-refractivity contribution < 1.29 is 22.8 Å². The molecule has 24 heavy (non-hydrogen) atoms. The van der Waals surface area contributed by atoms with Crippen LogP contribution >= 0.6 is 0 Å². The summed E-state index contributed by atoms with van der Waals surface area (Å²) in [4.78, 5) is 23.5. The summed E-state index contributed by atoms with van der Waals surface area (Å²) in [5.41, 5.74) is 0.641. The third-order valence-corrected chi connectivity index (χ3v) is 4.13. The molecule has 2 rings (SSSR count). The van der Waals surface area contributed by atoms with Crippen LogP contribution in [0.3, 0.4) is 0 Å². The maximum absolute atomic E-state index is 12.1. The molecule has 1 fully saturated rings. The Morgan fingerprint density at radius 1 is 1.08 bits per heavy atom. The number of amides is 2. The second-order valence-corrected chi connectivity index (χ2v) is 6.11. The largest absolute Gasteiger partial charge is 0.405 e. The Morgan fingerprint density at radius 3 is 2.29 bits per heavy atom. The van der Waals surface area contributed by atoms with Gasteiger partial charge in [0.05, 0.1) is 0 Å². The van der Waals surface area contributed by atoms with Crippen LogP contribution in [-0.2, 0) is 4.79 Å². The zero-order valence-corrected chi connectivity index (χ0v) is 13.3. The fourth-order valence-corrected chi connectivity index (χ4v) is 2.85. The van der Waals surface area contributed by atoms with Gasteiger partial charge in [-0.1, -0.05) is 25.7 Å². The molecule has 0 aromatic heterocycles. The number of hydrogen-bond acceptors (Lipinski definition) is 2. The molecule has 0 unspecified atom stereocenters. The summed E-state index contributed by atoms with van der Waals surface area (Å²) in [6.45, 7) is -1.37. The molecule has 1 aliphatic rings. The van der Waals surface area contributed by atoms with Crippen LogP contribution in [0.15, 0.2) is 24.3 Å². The third kappa shape index (κ3) is 6.22. The molecule has 132 valence electrons. The summed E-state index contributed by atoms with van der Waals surface area (Å²) in [6.07, 6.45) is 1.75. The first-order valence-corrected chi connectivity index (χ1v) is 8.08. The van der Waals surface area contributed by atoms with Crippen LogP contribution in [0, 0.1) is 5.92 Å². The molecule has 0 bridgehead atoms. The predicted molar refractivity (Wildman–Crippen MR) is 84.7 cm³/mol. The predicted octanol–water partition coefficient (Wildman–Crippen LogP) is 3.89. The van der Waals surface area contributed by atoms with Gasteiger partial charge in [0.1, 0.15) is 6.54 Å². The average Bonchev–Trinajstić information content (AvgIpc) is 3.04. The van der Waals surface area contributed by atoms with Crippen molar-refractivity contribution in [2.75, 3.05) is 11.9 Å². The molecule has 4 nitrogen and oxygen atoms in total. The van der Waals surface area contributed by atoms with Gasteiger partial charge in [0.25, 0.3) is 5.91 Å². The zero-order chi connectivity index (χ0) is 17.6. The monoisotopic (exact) mass is 342 g/mol. The highest BCUT2D eigenvalue weighted by molar-refractivity contribution is 5.95. The van der Waals surface area contributed by atoms with E-state index < -0.39 is 18.6 Å². The van der Waals surface area contributed by atoms with Gasteiger partial charge >= 0.3 is 6.18 Å². The molecule has 7 heteroatoms. The van der Waals surface area contributed by atoms with Crippen molar-refractivity contribution in [1.29, 1.82) is 0 Å². The molecule has 2 N–H and O–H groups in total. The van der Waals surface area contributed by atoms with E-state index in [2.05, 4.69) is 5.32 Å². The Morgan fingerprint density at radius 2 is 1.71 bits per heavy atom. The van der Waals surface area contributed by atoms with Crippen LogP contribution in [0.25, 0.3) is 0 Å². The summed E-state index contributed by atoms with van der Waals surface area (Å²) in [5.74, 6) is -0.252. The van der Waals surface area contributed by atoms with Crippen molar-refractivity contribution in [3.8, 4) is 0 Å². The molecule has 1 aliphatic carbocycles.